The zero-order chi connectivity index (χ0) is 16.6. The molecule has 1 aliphatic heterocycles. The highest BCUT2D eigenvalue weighted by Gasteiger charge is 2.73. The molecule has 4 aliphatic rings. The average Bonchev–Trinajstić information content (AvgIpc) is 3.17. The minimum absolute atomic E-state index is 0.164. The predicted molar refractivity (Wildman–Crippen MR) is 88.2 cm³/mol. The van der Waals surface area contributed by atoms with Gasteiger partial charge >= 0.3 is 0 Å². The van der Waals surface area contributed by atoms with Gasteiger partial charge in [-0.2, -0.15) is 5.01 Å². The minimum Gasteiger partial charge on any atom is -0.272 e. The van der Waals surface area contributed by atoms with Crippen LogP contribution in [0.3, 0.4) is 0 Å². The van der Waals surface area contributed by atoms with Gasteiger partial charge in [0.1, 0.15) is 0 Å². The van der Waals surface area contributed by atoms with Crippen LogP contribution < -0.4 is 5.43 Å². The normalized spacial score (nSPS) is 34.1. The second-order valence-electron chi connectivity index (χ2n) is 7.18. The lowest BCUT2D eigenvalue weighted by molar-refractivity contribution is -0.144. The maximum atomic E-state index is 12.8. The van der Waals surface area contributed by atoms with E-state index in [1.54, 1.807) is 18.2 Å². The van der Waals surface area contributed by atoms with Gasteiger partial charge in [0, 0.05) is 10.0 Å². The molecule has 2 saturated carbocycles. The van der Waals surface area contributed by atoms with Gasteiger partial charge in [0.05, 0.1) is 11.8 Å². The van der Waals surface area contributed by atoms with Crippen LogP contribution >= 0.6 is 15.9 Å². The molecule has 0 aromatic heterocycles. The van der Waals surface area contributed by atoms with Crippen molar-refractivity contribution in [3.05, 3.63) is 46.5 Å². The molecule has 1 aromatic rings. The molecule has 1 saturated heterocycles. The van der Waals surface area contributed by atoms with Crippen molar-refractivity contribution in [2.75, 3.05) is 0 Å². The maximum Gasteiger partial charge on any atom is 0.270 e. The van der Waals surface area contributed by atoms with Crippen LogP contribution in [0.15, 0.2) is 40.9 Å². The summed E-state index contributed by atoms with van der Waals surface area (Å²) >= 11 is 3.31. The highest BCUT2D eigenvalue weighted by molar-refractivity contribution is 9.10. The summed E-state index contributed by atoms with van der Waals surface area (Å²) in [5.41, 5.74) is 3.09. The number of hydrogen-bond donors (Lipinski definition) is 1. The first-order chi connectivity index (χ1) is 11.5. The molecule has 5 rings (SSSR count). The van der Waals surface area contributed by atoms with Crippen LogP contribution in [0.1, 0.15) is 23.2 Å². The Morgan fingerprint density at radius 2 is 1.75 bits per heavy atom. The SMILES string of the molecule is O=C(NN1C(=O)[C@@H]2[C@H](C1=O)[C@H]1C=C[C@@H]2C12CC2)c1cccc(Br)c1. The van der Waals surface area contributed by atoms with Crippen molar-refractivity contribution >= 4 is 33.7 Å². The molecule has 122 valence electrons. The van der Waals surface area contributed by atoms with Crippen molar-refractivity contribution in [2.24, 2.45) is 29.1 Å². The molecular weight excluding hydrogens is 372 g/mol. The first-order valence-electron chi connectivity index (χ1n) is 8.16. The van der Waals surface area contributed by atoms with Gasteiger partial charge in [-0.1, -0.05) is 34.1 Å². The van der Waals surface area contributed by atoms with E-state index in [0.29, 0.717) is 5.56 Å². The van der Waals surface area contributed by atoms with Crippen LogP contribution in [-0.2, 0) is 9.59 Å². The Balaban J connectivity index is 1.41. The Kier molecular flexibility index (Phi) is 2.74. The molecule has 1 aromatic carbocycles. The molecule has 0 radical (unpaired) electrons. The Morgan fingerprint density at radius 3 is 2.29 bits per heavy atom. The van der Waals surface area contributed by atoms with E-state index in [2.05, 4.69) is 33.5 Å². The largest absolute Gasteiger partial charge is 0.272 e. The molecule has 6 heteroatoms. The topological polar surface area (TPSA) is 66.5 Å². The summed E-state index contributed by atoms with van der Waals surface area (Å²) in [4.78, 5) is 38.0. The summed E-state index contributed by atoms with van der Waals surface area (Å²) in [6, 6.07) is 6.86. The zero-order valence-corrected chi connectivity index (χ0v) is 14.3. The minimum atomic E-state index is -0.445. The van der Waals surface area contributed by atoms with Crippen molar-refractivity contribution < 1.29 is 14.4 Å². The highest BCUT2D eigenvalue weighted by atomic mass is 79.9. The van der Waals surface area contributed by atoms with Crippen molar-refractivity contribution in [2.45, 2.75) is 12.8 Å². The van der Waals surface area contributed by atoms with Gasteiger partial charge < -0.3 is 0 Å². The first kappa shape index (κ1) is 14.4. The average molecular weight is 387 g/mol. The van der Waals surface area contributed by atoms with E-state index in [1.165, 1.54) is 0 Å². The van der Waals surface area contributed by atoms with Gasteiger partial charge in [-0.15, -0.1) is 0 Å². The lowest BCUT2D eigenvalue weighted by Crippen LogP contribution is -2.47. The molecule has 24 heavy (non-hydrogen) atoms. The number of nitrogens with zero attached hydrogens (tertiary/aromatic N) is 1. The summed E-state index contributed by atoms with van der Waals surface area (Å²) in [5.74, 6) is -1.21. The Hall–Kier alpha value is -1.95. The number of hydrazine groups is 1. The molecule has 5 nitrogen and oxygen atoms in total. The molecule has 3 fully saturated rings. The van der Waals surface area contributed by atoms with Crippen molar-refractivity contribution in [3.63, 3.8) is 0 Å². The second-order valence-corrected chi connectivity index (χ2v) is 8.10. The molecule has 0 unspecified atom stereocenters. The van der Waals surface area contributed by atoms with Crippen LogP contribution in [0.25, 0.3) is 0 Å². The maximum absolute atomic E-state index is 12.8. The van der Waals surface area contributed by atoms with E-state index >= 15 is 0 Å². The standard InChI is InChI=1S/C18H15BrN2O3/c19-10-3-1-2-9(8-10)15(22)20-21-16(23)13-11-4-5-12(14(13)17(21)24)18(11)6-7-18/h1-5,8,11-14H,6-7H2,(H,20,22)/t11-,12+,13-,14+. The molecule has 3 amide bonds. The molecule has 1 heterocycles. The van der Waals surface area contributed by atoms with Gasteiger partial charge in [-0.25, -0.2) is 0 Å². The van der Waals surface area contributed by atoms with Crippen LogP contribution in [0.2, 0.25) is 0 Å². The lowest BCUT2D eigenvalue weighted by Gasteiger charge is -2.22. The van der Waals surface area contributed by atoms with Gasteiger partial charge in [-0.05, 0) is 48.3 Å². The fraction of sp³-hybridized carbons (Fsp3) is 0.389. The Bertz CT molecular complexity index is 795. The molecule has 1 N–H and O–H groups in total. The number of halogens is 1. The number of fused-ring (bicyclic) bond motifs is 3. The lowest BCUT2D eigenvalue weighted by atomic mass is 9.85. The molecule has 1 spiro atoms. The van der Waals surface area contributed by atoms with E-state index in [4.69, 9.17) is 0 Å². The third-order valence-electron chi connectivity index (χ3n) is 6.15. The fourth-order valence-electron chi connectivity index (χ4n) is 4.98. The predicted octanol–water partition coefficient (Wildman–Crippen LogP) is 2.29. The van der Waals surface area contributed by atoms with Gasteiger partial charge in [-0.3, -0.25) is 19.8 Å². The van der Waals surface area contributed by atoms with Gasteiger partial charge in [0.15, 0.2) is 0 Å². The number of imide groups is 1. The number of allylic oxidation sites excluding steroid dienone is 2. The molecular formula is C18H15BrN2O3. The number of nitrogens with one attached hydrogen (secondary N) is 1. The summed E-state index contributed by atoms with van der Waals surface area (Å²) in [5, 5.41) is 0.959. The van der Waals surface area contributed by atoms with Crippen LogP contribution in [0.5, 0.6) is 0 Å². The summed E-state index contributed by atoms with van der Waals surface area (Å²) < 4.78 is 0.768. The van der Waals surface area contributed by atoms with E-state index < -0.39 is 5.91 Å². The number of rotatable bonds is 2. The van der Waals surface area contributed by atoms with Crippen molar-refractivity contribution in [1.82, 2.24) is 10.4 Å². The van der Waals surface area contributed by atoms with E-state index in [-0.39, 0.29) is 40.9 Å². The van der Waals surface area contributed by atoms with Crippen LogP contribution in [-0.4, -0.2) is 22.7 Å². The first-order valence-corrected chi connectivity index (χ1v) is 8.95. The van der Waals surface area contributed by atoms with Crippen LogP contribution in [0.4, 0.5) is 0 Å². The smallest absolute Gasteiger partial charge is 0.270 e. The number of benzene rings is 1. The van der Waals surface area contributed by atoms with Gasteiger partial charge in [0.2, 0.25) is 0 Å². The third-order valence-corrected chi connectivity index (χ3v) is 6.65. The summed E-state index contributed by atoms with van der Waals surface area (Å²) in [6.45, 7) is 0. The van der Waals surface area contributed by atoms with Crippen LogP contribution in [0, 0.1) is 29.1 Å². The van der Waals surface area contributed by atoms with E-state index in [1.807, 2.05) is 6.07 Å². The number of hydrogen-bond acceptors (Lipinski definition) is 3. The fourth-order valence-corrected chi connectivity index (χ4v) is 5.38. The summed E-state index contributed by atoms with van der Waals surface area (Å²) in [6.07, 6.45) is 6.44. The number of carbonyl (C=O) groups is 3. The second kappa shape index (κ2) is 4.57. The number of carbonyl (C=O) groups excluding carboxylic acids is 3. The monoisotopic (exact) mass is 386 g/mol. The van der Waals surface area contributed by atoms with Gasteiger partial charge in [0.25, 0.3) is 17.7 Å². The molecule has 3 aliphatic carbocycles. The summed E-state index contributed by atoms with van der Waals surface area (Å²) in [7, 11) is 0. The van der Waals surface area contributed by atoms with E-state index in [0.717, 1.165) is 22.3 Å². The third kappa shape index (κ3) is 1.67. The molecule has 4 atom stereocenters. The van der Waals surface area contributed by atoms with Crippen molar-refractivity contribution in [1.29, 1.82) is 0 Å². The van der Waals surface area contributed by atoms with Crippen molar-refractivity contribution in [3.8, 4) is 0 Å². The number of amides is 3. The Morgan fingerprint density at radius 1 is 1.12 bits per heavy atom. The zero-order valence-electron chi connectivity index (χ0n) is 12.7. The molecule has 2 bridgehead atoms. The quantitative estimate of drug-likeness (QED) is 0.626. The van der Waals surface area contributed by atoms with E-state index in [9.17, 15) is 14.4 Å². The Labute approximate surface area is 147 Å². The highest BCUT2D eigenvalue weighted by Crippen LogP contribution is 2.73.